The molecule has 0 aliphatic heterocycles. The highest BCUT2D eigenvalue weighted by molar-refractivity contribution is 6.22. The number of hydrogen-bond donors (Lipinski definition) is 1. The molecule has 0 bridgehead atoms. The lowest BCUT2D eigenvalue weighted by Crippen LogP contribution is -2.15. The van der Waals surface area contributed by atoms with Gasteiger partial charge in [-0.3, -0.25) is 4.79 Å². The number of primary amides is 1. The Labute approximate surface area is 174 Å². The van der Waals surface area contributed by atoms with E-state index in [0.717, 1.165) is 17.2 Å². The highest BCUT2D eigenvalue weighted by Gasteiger charge is 2.39. The minimum atomic E-state index is -5.13. The summed E-state index contributed by atoms with van der Waals surface area (Å²) in [5.74, 6) is -1.41. The van der Waals surface area contributed by atoms with Gasteiger partial charge >= 0.3 is 18.4 Å². The Bertz CT molecular complexity index is 1140. The van der Waals surface area contributed by atoms with Crippen LogP contribution in [0.2, 0.25) is 0 Å². The molecule has 0 spiro atoms. The Hall–Kier alpha value is -4.04. The fourth-order valence-corrected chi connectivity index (χ4v) is 2.39. The first-order chi connectivity index (χ1) is 14.9. The van der Waals surface area contributed by atoms with Gasteiger partial charge in [0.1, 0.15) is 17.7 Å². The zero-order valence-electron chi connectivity index (χ0n) is 15.8. The smallest absolute Gasteiger partial charge is 0.433 e. The number of methoxy groups -OCH3 is 1. The van der Waals surface area contributed by atoms with Gasteiger partial charge in [0.05, 0.1) is 12.7 Å². The molecule has 2 N–H and O–H groups in total. The zero-order chi connectivity index (χ0) is 23.7. The summed E-state index contributed by atoms with van der Waals surface area (Å²) in [6.45, 7) is 0. The molecule has 3 rings (SSSR count). The van der Waals surface area contributed by atoms with Gasteiger partial charge in [0, 0.05) is 29.7 Å². The number of halogens is 6. The van der Waals surface area contributed by atoms with Crippen molar-refractivity contribution in [1.82, 2.24) is 29.7 Å². The molecule has 0 saturated carbocycles. The van der Waals surface area contributed by atoms with Crippen LogP contribution in [0, 0.1) is 0 Å². The third-order valence-corrected chi connectivity index (χ3v) is 3.82. The highest BCUT2D eigenvalue weighted by atomic mass is 19.4. The highest BCUT2D eigenvalue weighted by Crippen LogP contribution is 2.35. The zero-order valence-corrected chi connectivity index (χ0v) is 15.8. The SMILES string of the molecule is COc1ncc(/C(=C\n2cnc(-c3cc(C(F)(F)F)nc(C(F)(F)F)c3)n2)C(N)=O)cn1. The number of hydrogen-bond acceptors (Lipinski definition) is 7. The van der Waals surface area contributed by atoms with E-state index in [1.165, 1.54) is 19.5 Å². The van der Waals surface area contributed by atoms with Gasteiger partial charge < -0.3 is 10.5 Å². The number of pyridine rings is 1. The molecule has 0 atom stereocenters. The van der Waals surface area contributed by atoms with E-state index in [-0.39, 0.29) is 17.1 Å². The van der Waals surface area contributed by atoms with Crippen LogP contribution in [0.5, 0.6) is 6.01 Å². The number of nitrogens with two attached hydrogens (primary N) is 1. The normalized spacial score (nSPS) is 12.7. The van der Waals surface area contributed by atoms with Crippen molar-refractivity contribution >= 4 is 17.7 Å². The van der Waals surface area contributed by atoms with E-state index in [4.69, 9.17) is 10.5 Å². The molecule has 32 heavy (non-hydrogen) atoms. The second-order valence-corrected chi connectivity index (χ2v) is 6.04. The van der Waals surface area contributed by atoms with Crippen LogP contribution in [0.3, 0.4) is 0 Å². The van der Waals surface area contributed by atoms with Gasteiger partial charge in [-0.15, -0.1) is 5.10 Å². The lowest BCUT2D eigenvalue weighted by atomic mass is 10.1. The molecular weight excluding hydrogens is 448 g/mol. The van der Waals surface area contributed by atoms with Crippen LogP contribution < -0.4 is 10.5 Å². The number of rotatable bonds is 5. The average molecular weight is 459 g/mol. The summed E-state index contributed by atoms with van der Waals surface area (Å²) in [6, 6.07) is 0.773. The third kappa shape index (κ3) is 4.98. The van der Waals surface area contributed by atoms with Gasteiger partial charge in [-0.25, -0.2) is 24.6 Å². The van der Waals surface area contributed by atoms with Crippen LogP contribution in [-0.2, 0) is 17.1 Å². The molecule has 3 aromatic rings. The molecule has 1 amide bonds. The van der Waals surface area contributed by atoms with Gasteiger partial charge in [0.25, 0.3) is 5.91 Å². The second-order valence-electron chi connectivity index (χ2n) is 6.04. The van der Waals surface area contributed by atoms with Crippen LogP contribution >= 0.6 is 0 Å². The summed E-state index contributed by atoms with van der Waals surface area (Å²) in [6.07, 6.45) is -5.81. The number of alkyl halides is 6. The molecule has 0 aromatic carbocycles. The van der Waals surface area contributed by atoms with E-state index < -0.39 is 41.0 Å². The average Bonchev–Trinajstić information content (AvgIpc) is 3.19. The number of carbonyl (C=O) groups excluding carboxylic acids is 1. The number of aromatic nitrogens is 6. The van der Waals surface area contributed by atoms with Gasteiger partial charge in [-0.2, -0.15) is 26.3 Å². The molecule has 9 nitrogen and oxygen atoms in total. The molecule has 0 aliphatic rings. The standard InChI is InChI=1S/C17H11F6N7O2/c1-32-15-25-4-9(5-26-15)10(13(24)31)6-30-7-27-14(29-30)8-2-11(16(18,19)20)28-12(3-8)17(21,22)23/h2-7H,1H3,(H2,24,31)/b10-6+. The predicted octanol–water partition coefficient (Wildman–Crippen LogP) is 2.66. The Balaban J connectivity index is 2.04. The fraction of sp³-hybridized carbons (Fsp3) is 0.176. The Morgan fingerprint density at radius 1 is 1.03 bits per heavy atom. The summed E-state index contributed by atoms with van der Waals surface area (Å²) in [7, 11) is 1.32. The van der Waals surface area contributed by atoms with Crippen molar-refractivity contribution in [2.75, 3.05) is 7.11 Å². The Morgan fingerprint density at radius 2 is 1.59 bits per heavy atom. The minimum absolute atomic E-state index is 0.0132. The van der Waals surface area contributed by atoms with Crippen molar-refractivity contribution in [3.8, 4) is 17.4 Å². The quantitative estimate of drug-likeness (QED) is 0.460. The van der Waals surface area contributed by atoms with Gasteiger partial charge in [0.15, 0.2) is 5.82 Å². The van der Waals surface area contributed by atoms with Crippen LogP contribution in [0.15, 0.2) is 30.9 Å². The largest absolute Gasteiger partial charge is 0.467 e. The second kappa shape index (κ2) is 8.24. The van der Waals surface area contributed by atoms with Gasteiger partial charge in [-0.05, 0) is 12.1 Å². The Kier molecular flexibility index (Phi) is 5.83. The van der Waals surface area contributed by atoms with Crippen LogP contribution in [0.25, 0.3) is 23.2 Å². The first-order valence-electron chi connectivity index (χ1n) is 8.34. The molecule has 0 saturated heterocycles. The van der Waals surface area contributed by atoms with E-state index in [9.17, 15) is 31.1 Å². The molecule has 0 fully saturated rings. The van der Waals surface area contributed by atoms with E-state index in [0.29, 0.717) is 12.1 Å². The summed E-state index contributed by atoms with van der Waals surface area (Å²) in [5, 5.41) is 3.80. The fourth-order valence-electron chi connectivity index (χ4n) is 2.39. The van der Waals surface area contributed by atoms with Crippen molar-refractivity contribution in [3.63, 3.8) is 0 Å². The summed E-state index contributed by atoms with van der Waals surface area (Å²) in [4.78, 5) is 25.8. The first kappa shape index (κ1) is 22.6. The van der Waals surface area contributed by atoms with E-state index in [1.54, 1.807) is 0 Å². The third-order valence-electron chi connectivity index (χ3n) is 3.82. The molecule has 168 valence electrons. The van der Waals surface area contributed by atoms with Crippen LogP contribution in [-0.4, -0.2) is 42.7 Å². The van der Waals surface area contributed by atoms with E-state index in [2.05, 4.69) is 25.0 Å². The number of nitrogens with zero attached hydrogens (tertiary/aromatic N) is 6. The van der Waals surface area contributed by atoms with Crippen LogP contribution in [0.1, 0.15) is 17.0 Å². The molecule has 0 radical (unpaired) electrons. The van der Waals surface area contributed by atoms with Gasteiger partial charge in [0.2, 0.25) is 0 Å². The van der Waals surface area contributed by atoms with Crippen molar-refractivity contribution in [1.29, 1.82) is 0 Å². The maximum atomic E-state index is 13.0. The predicted molar refractivity (Wildman–Crippen MR) is 95.2 cm³/mol. The summed E-state index contributed by atoms with van der Waals surface area (Å²) in [5.41, 5.74) is 1.21. The van der Waals surface area contributed by atoms with Crippen LogP contribution in [0.4, 0.5) is 26.3 Å². The molecule has 0 aliphatic carbocycles. The lowest BCUT2D eigenvalue weighted by Gasteiger charge is -2.11. The number of amides is 1. The monoisotopic (exact) mass is 459 g/mol. The van der Waals surface area contributed by atoms with Crippen molar-refractivity contribution in [3.05, 3.63) is 47.8 Å². The minimum Gasteiger partial charge on any atom is -0.467 e. The first-order valence-corrected chi connectivity index (χ1v) is 8.34. The maximum Gasteiger partial charge on any atom is 0.433 e. The van der Waals surface area contributed by atoms with E-state index in [1.807, 2.05) is 0 Å². The topological polar surface area (TPSA) is 122 Å². The van der Waals surface area contributed by atoms with Crippen molar-refractivity contribution < 1.29 is 35.9 Å². The number of ether oxygens (including phenoxy) is 1. The van der Waals surface area contributed by atoms with E-state index >= 15 is 0 Å². The summed E-state index contributed by atoms with van der Waals surface area (Å²) >= 11 is 0. The van der Waals surface area contributed by atoms with Crippen molar-refractivity contribution in [2.45, 2.75) is 12.4 Å². The number of carbonyl (C=O) groups is 1. The molecule has 0 unspecified atom stereocenters. The van der Waals surface area contributed by atoms with Gasteiger partial charge in [-0.1, -0.05) is 0 Å². The summed E-state index contributed by atoms with van der Waals surface area (Å²) < 4.78 is 83.7. The Morgan fingerprint density at radius 3 is 2.06 bits per heavy atom. The molecule has 3 aromatic heterocycles. The lowest BCUT2D eigenvalue weighted by molar-refractivity contribution is -0.150. The molecular formula is C17H11F6N7O2. The van der Waals surface area contributed by atoms with Crippen molar-refractivity contribution in [2.24, 2.45) is 5.73 Å². The molecule has 15 heteroatoms. The maximum absolute atomic E-state index is 13.0. The molecule has 3 heterocycles.